The van der Waals surface area contributed by atoms with Crippen LogP contribution < -0.4 is 10.6 Å². The molecule has 3 nitrogen and oxygen atoms in total. The molecule has 0 aromatic heterocycles. The van der Waals surface area contributed by atoms with Gasteiger partial charge in [0.2, 0.25) is 0 Å². The first-order valence-corrected chi connectivity index (χ1v) is 6.05. The molecule has 0 spiro atoms. The van der Waals surface area contributed by atoms with E-state index in [-0.39, 0.29) is 5.82 Å². The fraction of sp³-hybridized carbons (Fsp3) is 0.538. The molecule has 94 valence electrons. The first-order valence-electron chi connectivity index (χ1n) is 6.05. The predicted octanol–water partition coefficient (Wildman–Crippen LogP) is 1.29. The Labute approximate surface area is 102 Å². The molecule has 0 saturated carbocycles. The van der Waals surface area contributed by atoms with E-state index >= 15 is 0 Å². The van der Waals surface area contributed by atoms with Gasteiger partial charge in [0.15, 0.2) is 0 Å². The van der Waals surface area contributed by atoms with E-state index in [1.807, 2.05) is 12.1 Å². The van der Waals surface area contributed by atoms with Crippen molar-refractivity contribution in [2.24, 2.45) is 5.73 Å². The molecule has 2 rings (SSSR count). The van der Waals surface area contributed by atoms with E-state index in [0.717, 1.165) is 13.1 Å². The van der Waals surface area contributed by atoms with Crippen molar-refractivity contribution < 1.29 is 4.39 Å². The standard InChI is InChI=1S/C13H20FN3/c1-10-8-16(2)11(7-15)9-17(10)13-6-4-3-5-12(13)14/h3-6,10-11H,7-9,15H2,1-2H3. The molecular weight excluding hydrogens is 217 g/mol. The zero-order valence-corrected chi connectivity index (χ0v) is 10.4. The van der Waals surface area contributed by atoms with Crippen LogP contribution in [0.15, 0.2) is 24.3 Å². The number of para-hydroxylation sites is 1. The molecule has 2 N–H and O–H groups in total. The van der Waals surface area contributed by atoms with Gasteiger partial charge in [-0.05, 0) is 26.1 Å². The molecule has 1 saturated heterocycles. The van der Waals surface area contributed by atoms with E-state index in [2.05, 4.69) is 23.8 Å². The van der Waals surface area contributed by atoms with Crippen molar-refractivity contribution in [1.29, 1.82) is 0 Å². The van der Waals surface area contributed by atoms with Gasteiger partial charge < -0.3 is 10.6 Å². The third-order valence-electron chi connectivity index (χ3n) is 3.55. The third-order valence-corrected chi connectivity index (χ3v) is 3.55. The summed E-state index contributed by atoms with van der Waals surface area (Å²) in [6.07, 6.45) is 0. The molecule has 1 heterocycles. The summed E-state index contributed by atoms with van der Waals surface area (Å²) in [7, 11) is 2.08. The summed E-state index contributed by atoms with van der Waals surface area (Å²) in [6, 6.07) is 7.55. The second kappa shape index (κ2) is 5.02. The molecule has 1 aromatic rings. The molecule has 2 unspecified atom stereocenters. The number of piperazine rings is 1. The van der Waals surface area contributed by atoms with Crippen molar-refractivity contribution >= 4 is 5.69 Å². The Kier molecular flexibility index (Phi) is 3.64. The highest BCUT2D eigenvalue weighted by molar-refractivity contribution is 5.49. The lowest BCUT2D eigenvalue weighted by Gasteiger charge is -2.44. The molecule has 1 aromatic carbocycles. The van der Waals surface area contributed by atoms with Gasteiger partial charge in [-0.3, -0.25) is 4.90 Å². The number of anilines is 1. The lowest BCUT2D eigenvalue weighted by Crippen LogP contribution is -2.58. The van der Waals surface area contributed by atoms with Gasteiger partial charge in [0.25, 0.3) is 0 Å². The average Bonchev–Trinajstić information content (AvgIpc) is 2.31. The zero-order valence-electron chi connectivity index (χ0n) is 10.4. The SMILES string of the molecule is CC1CN(C)C(CN)CN1c1ccccc1F. The normalized spacial score (nSPS) is 26.2. The largest absolute Gasteiger partial charge is 0.364 e. The summed E-state index contributed by atoms with van der Waals surface area (Å²) in [5, 5.41) is 0. The van der Waals surface area contributed by atoms with Crippen molar-refractivity contribution in [2.75, 3.05) is 31.6 Å². The minimum Gasteiger partial charge on any atom is -0.364 e. The van der Waals surface area contributed by atoms with Gasteiger partial charge in [-0.1, -0.05) is 12.1 Å². The summed E-state index contributed by atoms with van der Waals surface area (Å²) in [6.45, 7) is 4.43. The molecule has 1 aliphatic heterocycles. The fourth-order valence-corrected chi connectivity index (χ4v) is 2.49. The highest BCUT2D eigenvalue weighted by Crippen LogP contribution is 2.24. The Balaban J connectivity index is 2.23. The smallest absolute Gasteiger partial charge is 0.146 e. The fourth-order valence-electron chi connectivity index (χ4n) is 2.49. The molecule has 0 amide bonds. The first-order chi connectivity index (χ1) is 8.13. The number of nitrogens with two attached hydrogens (primary N) is 1. The van der Waals surface area contributed by atoms with Crippen molar-refractivity contribution in [3.8, 4) is 0 Å². The van der Waals surface area contributed by atoms with E-state index in [0.29, 0.717) is 24.3 Å². The van der Waals surface area contributed by atoms with Crippen LogP contribution in [0.4, 0.5) is 10.1 Å². The van der Waals surface area contributed by atoms with Crippen LogP contribution in [0.5, 0.6) is 0 Å². The lowest BCUT2D eigenvalue weighted by molar-refractivity contribution is 0.196. The summed E-state index contributed by atoms with van der Waals surface area (Å²) >= 11 is 0. The number of halogens is 1. The molecule has 0 aliphatic carbocycles. The van der Waals surface area contributed by atoms with Gasteiger partial charge in [0.05, 0.1) is 5.69 Å². The maximum Gasteiger partial charge on any atom is 0.146 e. The van der Waals surface area contributed by atoms with Crippen molar-refractivity contribution in [3.63, 3.8) is 0 Å². The molecular formula is C13H20FN3. The summed E-state index contributed by atoms with van der Waals surface area (Å²) in [4.78, 5) is 4.37. The number of nitrogens with zero attached hydrogens (tertiary/aromatic N) is 2. The number of hydrogen-bond acceptors (Lipinski definition) is 3. The topological polar surface area (TPSA) is 32.5 Å². The number of benzene rings is 1. The van der Waals surface area contributed by atoms with Crippen molar-refractivity contribution in [2.45, 2.75) is 19.0 Å². The van der Waals surface area contributed by atoms with Crippen LogP contribution in [-0.2, 0) is 0 Å². The zero-order chi connectivity index (χ0) is 12.4. The minimum atomic E-state index is -0.153. The molecule has 1 aliphatic rings. The van der Waals surface area contributed by atoms with Gasteiger partial charge in [-0.15, -0.1) is 0 Å². The van der Waals surface area contributed by atoms with E-state index in [9.17, 15) is 4.39 Å². The van der Waals surface area contributed by atoms with Crippen LogP contribution in [0.1, 0.15) is 6.92 Å². The van der Waals surface area contributed by atoms with Gasteiger partial charge >= 0.3 is 0 Å². The Morgan fingerprint density at radius 2 is 2.06 bits per heavy atom. The maximum absolute atomic E-state index is 13.8. The Morgan fingerprint density at radius 1 is 1.35 bits per heavy atom. The molecule has 2 atom stereocenters. The van der Waals surface area contributed by atoms with Gasteiger partial charge in [-0.25, -0.2) is 4.39 Å². The van der Waals surface area contributed by atoms with E-state index in [1.54, 1.807) is 6.07 Å². The monoisotopic (exact) mass is 237 g/mol. The second-order valence-corrected chi connectivity index (χ2v) is 4.78. The lowest BCUT2D eigenvalue weighted by atomic mass is 10.1. The molecule has 0 radical (unpaired) electrons. The van der Waals surface area contributed by atoms with Gasteiger partial charge in [0, 0.05) is 31.7 Å². The van der Waals surface area contributed by atoms with Crippen LogP contribution in [0.25, 0.3) is 0 Å². The Bertz CT molecular complexity index is 383. The highest BCUT2D eigenvalue weighted by Gasteiger charge is 2.29. The minimum absolute atomic E-state index is 0.153. The highest BCUT2D eigenvalue weighted by atomic mass is 19.1. The predicted molar refractivity (Wildman–Crippen MR) is 68.7 cm³/mol. The molecule has 1 fully saturated rings. The number of likely N-dealkylation sites (N-methyl/N-ethyl adjacent to an activating group) is 1. The van der Waals surface area contributed by atoms with Crippen LogP contribution in [0.2, 0.25) is 0 Å². The third kappa shape index (κ3) is 2.42. The molecule has 4 heteroatoms. The van der Waals surface area contributed by atoms with Crippen molar-refractivity contribution in [1.82, 2.24) is 4.90 Å². The molecule has 17 heavy (non-hydrogen) atoms. The summed E-state index contributed by atoms with van der Waals surface area (Å²) in [5.74, 6) is -0.153. The van der Waals surface area contributed by atoms with Crippen LogP contribution in [0.3, 0.4) is 0 Å². The molecule has 0 bridgehead atoms. The average molecular weight is 237 g/mol. The van der Waals surface area contributed by atoms with E-state index in [4.69, 9.17) is 5.73 Å². The van der Waals surface area contributed by atoms with Crippen LogP contribution >= 0.6 is 0 Å². The second-order valence-electron chi connectivity index (χ2n) is 4.78. The quantitative estimate of drug-likeness (QED) is 0.841. The summed E-state index contributed by atoms with van der Waals surface area (Å²) < 4.78 is 13.8. The van der Waals surface area contributed by atoms with Crippen LogP contribution in [0, 0.1) is 5.82 Å². The Morgan fingerprint density at radius 3 is 2.71 bits per heavy atom. The van der Waals surface area contributed by atoms with E-state index < -0.39 is 0 Å². The van der Waals surface area contributed by atoms with Gasteiger partial charge in [0.1, 0.15) is 5.82 Å². The number of rotatable bonds is 2. The number of hydrogen-bond donors (Lipinski definition) is 1. The summed E-state index contributed by atoms with van der Waals surface area (Å²) in [5.41, 5.74) is 6.44. The first kappa shape index (κ1) is 12.3. The van der Waals surface area contributed by atoms with Gasteiger partial charge in [-0.2, -0.15) is 0 Å². The van der Waals surface area contributed by atoms with Crippen LogP contribution in [-0.4, -0.2) is 43.7 Å². The Hall–Kier alpha value is -1.13. The van der Waals surface area contributed by atoms with Crippen molar-refractivity contribution in [3.05, 3.63) is 30.1 Å². The maximum atomic E-state index is 13.8. The van der Waals surface area contributed by atoms with E-state index in [1.165, 1.54) is 6.07 Å².